The van der Waals surface area contributed by atoms with E-state index in [-0.39, 0.29) is 18.9 Å². The molecule has 128 valence electrons. The van der Waals surface area contributed by atoms with E-state index in [0.29, 0.717) is 11.5 Å². The Morgan fingerprint density at radius 1 is 1.33 bits per heavy atom. The molecular formula is C15H20N6O3. The normalized spacial score (nSPS) is 11.0. The van der Waals surface area contributed by atoms with Gasteiger partial charge in [0.2, 0.25) is 5.91 Å². The Bertz CT molecular complexity index is 693. The summed E-state index contributed by atoms with van der Waals surface area (Å²) in [6.45, 7) is 5.48. The van der Waals surface area contributed by atoms with E-state index in [1.54, 1.807) is 39.1 Å². The predicted molar refractivity (Wildman–Crippen MR) is 86.6 cm³/mol. The van der Waals surface area contributed by atoms with Crippen molar-refractivity contribution in [3.63, 3.8) is 0 Å². The van der Waals surface area contributed by atoms with Gasteiger partial charge in [0.25, 0.3) is 0 Å². The van der Waals surface area contributed by atoms with Crippen molar-refractivity contribution in [3.8, 4) is 5.82 Å². The summed E-state index contributed by atoms with van der Waals surface area (Å²) >= 11 is 0. The number of ether oxygens (including phenoxy) is 1. The first kappa shape index (κ1) is 17.4. The van der Waals surface area contributed by atoms with Crippen molar-refractivity contribution < 1.29 is 14.3 Å². The molecule has 2 amide bonds. The molecule has 2 aromatic rings. The van der Waals surface area contributed by atoms with E-state index >= 15 is 0 Å². The van der Waals surface area contributed by atoms with Gasteiger partial charge in [-0.3, -0.25) is 4.79 Å². The Balaban J connectivity index is 1.87. The van der Waals surface area contributed by atoms with Gasteiger partial charge in [0, 0.05) is 19.2 Å². The van der Waals surface area contributed by atoms with Gasteiger partial charge < -0.3 is 15.4 Å². The zero-order valence-corrected chi connectivity index (χ0v) is 13.8. The SMILES string of the molecule is CC(C)(C)OC(=O)NCCC(=O)Nc1cccnc1-n1cncn1. The highest BCUT2D eigenvalue weighted by Gasteiger charge is 2.16. The maximum absolute atomic E-state index is 12.0. The molecule has 2 rings (SSSR count). The van der Waals surface area contributed by atoms with Crippen LogP contribution in [-0.4, -0.2) is 43.9 Å². The molecule has 9 heteroatoms. The Morgan fingerprint density at radius 2 is 2.12 bits per heavy atom. The van der Waals surface area contributed by atoms with Crippen molar-refractivity contribution in [2.45, 2.75) is 32.8 Å². The molecule has 0 bridgehead atoms. The molecule has 9 nitrogen and oxygen atoms in total. The number of rotatable bonds is 5. The van der Waals surface area contributed by atoms with Crippen LogP contribution in [0, 0.1) is 0 Å². The van der Waals surface area contributed by atoms with E-state index in [1.807, 2.05) is 0 Å². The van der Waals surface area contributed by atoms with E-state index in [9.17, 15) is 9.59 Å². The average Bonchev–Trinajstić information content (AvgIpc) is 3.00. The van der Waals surface area contributed by atoms with Gasteiger partial charge in [-0.25, -0.2) is 19.4 Å². The third-order valence-corrected chi connectivity index (χ3v) is 2.72. The zero-order chi connectivity index (χ0) is 17.6. The maximum atomic E-state index is 12.0. The third kappa shape index (κ3) is 5.34. The maximum Gasteiger partial charge on any atom is 0.407 e. The number of nitrogens with one attached hydrogen (secondary N) is 2. The monoisotopic (exact) mass is 332 g/mol. The number of carbonyl (C=O) groups excluding carboxylic acids is 2. The van der Waals surface area contributed by atoms with E-state index in [4.69, 9.17) is 4.74 Å². The van der Waals surface area contributed by atoms with E-state index in [1.165, 1.54) is 17.3 Å². The Kier molecular flexibility index (Phi) is 5.46. The number of alkyl carbamates (subject to hydrolysis) is 1. The zero-order valence-electron chi connectivity index (χ0n) is 13.8. The van der Waals surface area contributed by atoms with Crippen LogP contribution in [0.25, 0.3) is 5.82 Å². The number of anilines is 1. The number of aromatic nitrogens is 4. The van der Waals surface area contributed by atoms with Crippen LogP contribution >= 0.6 is 0 Å². The highest BCUT2D eigenvalue weighted by Crippen LogP contribution is 2.15. The lowest BCUT2D eigenvalue weighted by atomic mass is 10.2. The summed E-state index contributed by atoms with van der Waals surface area (Å²) in [6, 6.07) is 3.41. The lowest BCUT2D eigenvalue weighted by Crippen LogP contribution is -2.34. The quantitative estimate of drug-likeness (QED) is 0.858. The number of pyridine rings is 1. The number of nitrogens with zero attached hydrogens (tertiary/aromatic N) is 4. The van der Waals surface area contributed by atoms with Gasteiger partial charge in [0.1, 0.15) is 18.3 Å². The lowest BCUT2D eigenvalue weighted by molar-refractivity contribution is -0.116. The van der Waals surface area contributed by atoms with Crippen LogP contribution in [0.3, 0.4) is 0 Å². The summed E-state index contributed by atoms with van der Waals surface area (Å²) in [7, 11) is 0. The molecule has 0 saturated carbocycles. The molecule has 0 unspecified atom stereocenters. The van der Waals surface area contributed by atoms with Gasteiger partial charge in [0.05, 0.1) is 5.69 Å². The molecule has 0 atom stereocenters. The Morgan fingerprint density at radius 3 is 2.79 bits per heavy atom. The van der Waals surface area contributed by atoms with Crippen molar-refractivity contribution in [3.05, 3.63) is 31.0 Å². The second-order valence-corrected chi connectivity index (χ2v) is 5.94. The smallest absolute Gasteiger partial charge is 0.407 e. The molecule has 0 spiro atoms. The summed E-state index contributed by atoms with van der Waals surface area (Å²) in [4.78, 5) is 31.6. The third-order valence-electron chi connectivity index (χ3n) is 2.72. The van der Waals surface area contributed by atoms with Crippen LogP contribution < -0.4 is 10.6 Å². The molecule has 2 aromatic heterocycles. The highest BCUT2D eigenvalue weighted by molar-refractivity contribution is 5.92. The second kappa shape index (κ2) is 7.53. The Labute approximate surface area is 139 Å². The average molecular weight is 332 g/mol. The topological polar surface area (TPSA) is 111 Å². The minimum absolute atomic E-state index is 0.102. The first-order valence-corrected chi connectivity index (χ1v) is 7.42. The molecular weight excluding hydrogens is 312 g/mol. The van der Waals surface area contributed by atoms with Crippen LogP contribution in [0.4, 0.5) is 10.5 Å². The molecule has 2 N–H and O–H groups in total. The first-order chi connectivity index (χ1) is 11.3. The fourth-order valence-electron chi connectivity index (χ4n) is 1.80. The number of hydrogen-bond donors (Lipinski definition) is 2. The molecule has 2 heterocycles. The lowest BCUT2D eigenvalue weighted by Gasteiger charge is -2.19. The number of carbonyl (C=O) groups is 2. The molecule has 0 radical (unpaired) electrons. The van der Waals surface area contributed by atoms with Crippen LogP contribution in [0.1, 0.15) is 27.2 Å². The Hall–Kier alpha value is -2.97. The standard InChI is InChI=1S/C15H20N6O3/c1-15(2,3)24-14(23)18-8-6-12(22)20-11-5-4-7-17-13(11)21-10-16-9-19-21/h4-5,7,9-10H,6,8H2,1-3H3,(H,18,23)(H,20,22). The number of amides is 2. The minimum atomic E-state index is -0.575. The van der Waals surface area contributed by atoms with Crippen LogP contribution in [0.15, 0.2) is 31.0 Å². The fraction of sp³-hybridized carbons (Fsp3) is 0.400. The molecule has 0 aliphatic rings. The summed E-state index contributed by atoms with van der Waals surface area (Å²) in [5.74, 6) is 0.198. The van der Waals surface area contributed by atoms with Crippen molar-refractivity contribution in [1.82, 2.24) is 25.1 Å². The van der Waals surface area contributed by atoms with Crippen LogP contribution in [0.5, 0.6) is 0 Å². The van der Waals surface area contributed by atoms with Gasteiger partial charge in [-0.05, 0) is 32.9 Å². The molecule has 0 saturated heterocycles. The summed E-state index contributed by atoms with van der Waals surface area (Å²) in [6.07, 6.45) is 4.01. The first-order valence-electron chi connectivity index (χ1n) is 7.42. The molecule has 0 aromatic carbocycles. The van der Waals surface area contributed by atoms with Gasteiger partial charge in [-0.1, -0.05) is 0 Å². The predicted octanol–water partition coefficient (Wildman–Crippen LogP) is 1.52. The molecule has 0 aliphatic carbocycles. The highest BCUT2D eigenvalue weighted by atomic mass is 16.6. The summed E-state index contributed by atoms with van der Waals surface area (Å²) in [5.41, 5.74) is -0.0698. The van der Waals surface area contributed by atoms with Gasteiger partial charge >= 0.3 is 6.09 Å². The number of hydrogen-bond acceptors (Lipinski definition) is 6. The van der Waals surface area contributed by atoms with E-state index < -0.39 is 11.7 Å². The van der Waals surface area contributed by atoms with Crippen molar-refractivity contribution in [1.29, 1.82) is 0 Å². The molecule has 24 heavy (non-hydrogen) atoms. The van der Waals surface area contributed by atoms with E-state index in [2.05, 4.69) is 25.7 Å². The summed E-state index contributed by atoms with van der Waals surface area (Å²) < 4.78 is 6.55. The van der Waals surface area contributed by atoms with Crippen molar-refractivity contribution >= 4 is 17.7 Å². The summed E-state index contributed by atoms with van der Waals surface area (Å²) in [5, 5.41) is 9.26. The van der Waals surface area contributed by atoms with Crippen LogP contribution in [-0.2, 0) is 9.53 Å². The van der Waals surface area contributed by atoms with Gasteiger partial charge in [-0.15, -0.1) is 0 Å². The van der Waals surface area contributed by atoms with Crippen molar-refractivity contribution in [2.24, 2.45) is 0 Å². The molecule has 0 fully saturated rings. The van der Waals surface area contributed by atoms with Crippen molar-refractivity contribution in [2.75, 3.05) is 11.9 Å². The van der Waals surface area contributed by atoms with Gasteiger partial charge in [-0.2, -0.15) is 5.10 Å². The second-order valence-electron chi connectivity index (χ2n) is 5.94. The largest absolute Gasteiger partial charge is 0.444 e. The van der Waals surface area contributed by atoms with E-state index in [0.717, 1.165) is 0 Å². The molecule has 0 aliphatic heterocycles. The van der Waals surface area contributed by atoms with Gasteiger partial charge in [0.15, 0.2) is 5.82 Å². The van der Waals surface area contributed by atoms with Crippen LogP contribution in [0.2, 0.25) is 0 Å². The fourth-order valence-corrected chi connectivity index (χ4v) is 1.80. The minimum Gasteiger partial charge on any atom is -0.444 e.